The maximum Gasteiger partial charge on any atom is 0.263 e. The highest BCUT2D eigenvalue weighted by molar-refractivity contribution is 6.02. The van der Waals surface area contributed by atoms with Crippen molar-refractivity contribution in [2.24, 2.45) is 5.92 Å². The van der Waals surface area contributed by atoms with E-state index in [-0.39, 0.29) is 11.3 Å². The molecule has 0 spiro atoms. The van der Waals surface area contributed by atoms with E-state index in [2.05, 4.69) is 24.0 Å². The third-order valence-electron chi connectivity index (χ3n) is 7.15. The van der Waals surface area contributed by atoms with Gasteiger partial charge in [-0.05, 0) is 55.7 Å². The molecule has 4 rings (SSSR count). The van der Waals surface area contributed by atoms with Crippen LogP contribution in [0, 0.1) is 5.92 Å². The average Bonchev–Trinajstić information content (AvgIpc) is 2.92. The summed E-state index contributed by atoms with van der Waals surface area (Å²) in [7, 11) is 3.08. The second-order valence-corrected chi connectivity index (χ2v) is 9.55. The van der Waals surface area contributed by atoms with Crippen LogP contribution < -0.4 is 9.47 Å². The Hall–Kier alpha value is -3.74. The van der Waals surface area contributed by atoms with Crippen LogP contribution >= 0.6 is 0 Å². The van der Waals surface area contributed by atoms with Gasteiger partial charge in [0.2, 0.25) is 5.88 Å². The van der Waals surface area contributed by atoms with E-state index in [1.807, 2.05) is 18.2 Å². The Balaban J connectivity index is 1.67. The van der Waals surface area contributed by atoms with E-state index in [9.17, 15) is 15.0 Å². The standard InChI is InChI=1S/C30H36N2O5/c1-4-5-12-22-25(26-23(36-2)13-9-14-24(26)37-3)28(33)27(29(34)31-22)30(35)32-17-15-21(16-18-32)19-20-10-7-6-8-11-20/h6-11,13-14,21H,4-5,12,15-19H2,1-3H3,(H2,31,33,34). The predicted molar refractivity (Wildman–Crippen MR) is 143 cm³/mol. The Kier molecular flexibility index (Phi) is 8.54. The van der Waals surface area contributed by atoms with Crippen LogP contribution in [0.5, 0.6) is 23.1 Å². The van der Waals surface area contributed by atoms with Crippen LogP contribution in [0.15, 0.2) is 48.5 Å². The zero-order chi connectivity index (χ0) is 26.4. The molecule has 0 bridgehead atoms. The Labute approximate surface area is 218 Å². The normalized spacial score (nSPS) is 14.0. The van der Waals surface area contributed by atoms with Crippen LogP contribution in [0.4, 0.5) is 0 Å². The van der Waals surface area contributed by atoms with E-state index >= 15 is 0 Å². The van der Waals surface area contributed by atoms with Gasteiger partial charge in [0, 0.05) is 13.1 Å². The minimum Gasteiger partial charge on any atom is -0.506 e. The molecule has 2 heterocycles. The first-order chi connectivity index (χ1) is 18.0. The molecule has 0 aliphatic carbocycles. The molecule has 1 fully saturated rings. The maximum absolute atomic E-state index is 13.6. The highest BCUT2D eigenvalue weighted by atomic mass is 16.5. The summed E-state index contributed by atoms with van der Waals surface area (Å²) in [6, 6.07) is 15.7. The van der Waals surface area contributed by atoms with E-state index in [0.29, 0.717) is 53.7 Å². The number of aromatic hydroxyl groups is 2. The fourth-order valence-electron chi connectivity index (χ4n) is 5.14. The highest BCUT2D eigenvalue weighted by Crippen LogP contribution is 2.47. The number of amides is 1. The van der Waals surface area contributed by atoms with E-state index < -0.39 is 11.8 Å². The number of methoxy groups -OCH3 is 2. The van der Waals surface area contributed by atoms with Crippen LogP contribution in [0.2, 0.25) is 0 Å². The largest absolute Gasteiger partial charge is 0.506 e. The van der Waals surface area contributed by atoms with Crippen LogP contribution in [-0.4, -0.2) is 53.3 Å². The van der Waals surface area contributed by atoms with Crippen molar-refractivity contribution in [3.8, 4) is 34.3 Å². The van der Waals surface area contributed by atoms with Gasteiger partial charge < -0.3 is 24.6 Å². The molecular weight excluding hydrogens is 468 g/mol. The first-order valence-corrected chi connectivity index (χ1v) is 13.0. The third kappa shape index (κ3) is 5.66. The van der Waals surface area contributed by atoms with E-state index in [0.717, 1.165) is 32.1 Å². The molecule has 196 valence electrons. The quantitative estimate of drug-likeness (QED) is 0.393. The minimum atomic E-state index is -0.447. The molecule has 1 aliphatic rings. The smallest absolute Gasteiger partial charge is 0.263 e. The number of unbranched alkanes of at least 4 members (excludes halogenated alkanes) is 1. The van der Waals surface area contributed by atoms with Gasteiger partial charge in [-0.3, -0.25) is 4.79 Å². The van der Waals surface area contributed by atoms with Crippen molar-refractivity contribution >= 4 is 5.91 Å². The monoisotopic (exact) mass is 504 g/mol. The summed E-state index contributed by atoms with van der Waals surface area (Å²) in [6.07, 6.45) is 4.93. The average molecular weight is 505 g/mol. The molecule has 7 nitrogen and oxygen atoms in total. The van der Waals surface area contributed by atoms with E-state index in [4.69, 9.17) is 9.47 Å². The topological polar surface area (TPSA) is 92.1 Å². The van der Waals surface area contributed by atoms with Gasteiger partial charge in [-0.1, -0.05) is 49.7 Å². The molecule has 0 saturated carbocycles. The van der Waals surface area contributed by atoms with Crippen LogP contribution in [0.3, 0.4) is 0 Å². The fourth-order valence-corrected chi connectivity index (χ4v) is 5.14. The van der Waals surface area contributed by atoms with Gasteiger partial charge in [0.25, 0.3) is 5.91 Å². The molecular formula is C30H36N2O5. The van der Waals surface area contributed by atoms with Crippen molar-refractivity contribution in [1.29, 1.82) is 0 Å². The lowest BCUT2D eigenvalue weighted by Crippen LogP contribution is -2.39. The number of piperidine rings is 1. The van der Waals surface area contributed by atoms with Gasteiger partial charge in [-0.2, -0.15) is 0 Å². The summed E-state index contributed by atoms with van der Waals surface area (Å²) in [4.78, 5) is 19.8. The molecule has 1 saturated heterocycles. The summed E-state index contributed by atoms with van der Waals surface area (Å²) in [6.45, 7) is 3.17. The molecule has 0 unspecified atom stereocenters. The van der Waals surface area contributed by atoms with Gasteiger partial charge in [0.15, 0.2) is 0 Å². The van der Waals surface area contributed by atoms with Gasteiger partial charge in [0.05, 0.1) is 31.0 Å². The number of benzene rings is 2. The van der Waals surface area contributed by atoms with Gasteiger partial charge in [-0.15, -0.1) is 0 Å². The maximum atomic E-state index is 13.6. The number of ether oxygens (including phenoxy) is 2. The lowest BCUT2D eigenvalue weighted by atomic mass is 9.89. The van der Waals surface area contributed by atoms with Gasteiger partial charge in [0.1, 0.15) is 22.8 Å². The van der Waals surface area contributed by atoms with Crippen molar-refractivity contribution in [3.05, 3.63) is 65.4 Å². The molecule has 7 heteroatoms. The van der Waals surface area contributed by atoms with Crippen LogP contribution in [-0.2, 0) is 12.8 Å². The first kappa shape index (κ1) is 26.3. The number of carbonyl (C=O) groups excluding carboxylic acids is 1. The predicted octanol–water partition coefficient (Wildman–Crippen LogP) is 5.61. The Morgan fingerprint density at radius 1 is 0.973 bits per heavy atom. The van der Waals surface area contributed by atoms with Crippen molar-refractivity contribution < 1.29 is 24.5 Å². The molecule has 2 aromatic carbocycles. The highest BCUT2D eigenvalue weighted by Gasteiger charge is 2.32. The zero-order valence-corrected chi connectivity index (χ0v) is 21.9. The number of aromatic nitrogens is 1. The lowest BCUT2D eigenvalue weighted by Gasteiger charge is -2.32. The van der Waals surface area contributed by atoms with Crippen LogP contribution in [0.1, 0.15) is 54.2 Å². The molecule has 0 atom stereocenters. The summed E-state index contributed by atoms with van der Waals surface area (Å²) < 4.78 is 11.2. The molecule has 3 aromatic rings. The van der Waals surface area contributed by atoms with Crippen molar-refractivity contribution in [2.45, 2.75) is 45.4 Å². The molecule has 37 heavy (non-hydrogen) atoms. The summed E-state index contributed by atoms with van der Waals surface area (Å²) in [5, 5.41) is 22.4. The molecule has 1 aromatic heterocycles. The van der Waals surface area contributed by atoms with E-state index in [1.54, 1.807) is 37.3 Å². The SMILES string of the molecule is CCCCc1nc(O)c(C(=O)N2CCC(Cc3ccccc3)CC2)c(O)c1-c1c(OC)cccc1OC. The number of aryl methyl sites for hydroxylation is 1. The summed E-state index contributed by atoms with van der Waals surface area (Å²) >= 11 is 0. The van der Waals surface area contributed by atoms with Crippen molar-refractivity contribution in [2.75, 3.05) is 27.3 Å². The number of carbonyl (C=O) groups is 1. The number of likely N-dealkylation sites (tertiary alicyclic amines) is 1. The molecule has 0 radical (unpaired) electrons. The second kappa shape index (κ2) is 12.0. The first-order valence-electron chi connectivity index (χ1n) is 13.0. The molecule has 1 amide bonds. The molecule has 1 aliphatic heterocycles. The van der Waals surface area contributed by atoms with Gasteiger partial charge in [-0.25, -0.2) is 4.98 Å². The third-order valence-corrected chi connectivity index (χ3v) is 7.15. The molecule has 2 N–H and O–H groups in total. The number of hydrogen-bond donors (Lipinski definition) is 2. The van der Waals surface area contributed by atoms with Crippen molar-refractivity contribution in [3.63, 3.8) is 0 Å². The van der Waals surface area contributed by atoms with E-state index in [1.165, 1.54) is 5.56 Å². The van der Waals surface area contributed by atoms with Crippen LogP contribution in [0.25, 0.3) is 11.1 Å². The number of pyridine rings is 1. The Bertz CT molecular complexity index is 1200. The number of nitrogens with zero attached hydrogens (tertiary/aromatic N) is 2. The van der Waals surface area contributed by atoms with Crippen molar-refractivity contribution in [1.82, 2.24) is 9.88 Å². The van der Waals surface area contributed by atoms with Gasteiger partial charge >= 0.3 is 0 Å². The Morgan fingerprint density at radius 3 is 2.22 bits per heavy atom. The second-order valence-electron chi connectivity index (χ2n) is 9.55. The Morgan fingerprint density at radius 2 is 1.62 bits per heavy atom. The summed E-state index contributed by atoms with van der Waals surface area (Å²) in [5.41, 5.74) is 2.49. The fraction of sp³-hybridized carbons (Fsp3) is 0.400. The summed E-state index contributed by atoms with van der Waals surface area (Å²) in [5.74, 6) is 0.296. The number of rotatable bonds is 9. The lowest BCUT2D eigenvalue weighted by molar-refractivity contribution is 0.0683. The number of hydrogen-bond acceptors (Lipinski definition) is 6. The minimum absolute atomic E-state index is 0.176. The zero-order valence-electron chi connectivity index (χ0n) is 21.9.